The highest BCUT2D eigenvalue weighted by atomic mass is 16.6. The summed E-state index contributed by atoms with van der Waals surface area (Å²) >= 11 is 0. The first-order valence-corrected chi connectivity index (χ1v) is 6.51. The number of fused-ring (bicyclic) bond motifs is 2. The van der Waals surface area contributed by atoms with Crippen LogP contribution in [0.5, 0.6) is 0 Å². The first-order valence-electron chi connectivity index (χ1n) is 6.51. The second-order valence-corrected chi connectivity index (χ2v) is 6.12. The Morgan fingerprint density at radius 3 is 2.75 bits per heavy atom. The Kier molecular flexibility index (Phi) is 2.29. The Morgan fingerprint density at radius 1 is 1.38 bits per heavy atom. The average Bonchev–Trinajstić information content (AvgIpc) is 2.18. The van der Waals surface area contributed by atoms with Crippen LogP contribution in [0.2, 0.25) is 0 Å². The molecule has 4 rings (SSSR count). The minimum absolute atomic E-state index is 0.0361. The third-order valence-corrected chi connectivity index (χ3v) is 4.83. The van der Waals surface area contributed by atoms with Crippen molar-refractivity contribution in [2.24, 2.45) is 11.8 Å². The first kappa shape index (κ1) is 10.6. The van der Waals surface area contributed by atoms with E-state index in [-0.39, 0.29) is 11.6 Å². The zero-order chi connectivity index (χ0) is 11.3. The molecule has 1 spiro atoms. The zero-order valence-electron chi connectivity index (χ0n) is 10.2. The lowest BCUT2D eigenvalue weighted by molar-refractivity contribution is -0.201. The summed E-state index contributed by atoms with van der Waals surface area (Å²) in [5.41, 5.74) is -0.0931. The second-order valence-electron chi connectivity index (χ2n) is 6.12. The van der Waals surface area contributed by atoms with E-state index < -0.39 is 0 Å². The monoisotopic (exact) mass is 223 g/mol. The maximum absolute atomic E-state index is 11.7. The largest absolute Gasteiger partial charge is 0.459 e. The van der Waals surface area contributed by atoms with Crippen molar-refractivity contribution >= 4 is 5.97 Å². The number of hydrogen-bond donors (Lipinski definition) is 0. The predicted octanol–water partition coefficient (Wildman–Crippen LogP) is 1.81. The van der Waals surface area contributed by atoms with E-state index in [2.05, 4.69) is 18.9 Å². The highest BCUT2D eigenvalue weighted by Gasteiger charge is 2.54. The van der Waals surface area contributed by atoms with Gasteiger partial charge in [-0.1, -0.05) is 6.92 Å². The minimum Gasteiger partial charge on any atom is -0.459 e. The SMILES string of the molecule is C[C@@H]1CC(=O)O[C@@]2(C1)C[C@@H]1CC[C@H]2CN1C. The molecule has 3 saturated heterocycles. The predicted molar refractivity (Wildman–Crippen MR) is 61.0 cm³/mol. The van der Waals surface area contributed by atoms with Crippen molar-refractivity contribution in [2.45, 2.75) is 50.7 Å². The van der Waals surface area contributed by atoms with Crippen LogP contribution in [0.3, 0.4) is 0 Å². The van der Waals surface area contributed by atoms with Gasteiger partial charge in [-0.3, -0.25) is 4.79 Å². The molecule has 3 heterocycles. The molecule has 16 heavy (non-hydrogen) atoms. The molecule has 0 aromatic heterocycles. The van der Waals surface area contributed by atoms with Gasteiger partial charge >= 0.3 is 5.97 Å². The highest BCUT2D eigenvalue weighted by Crippen LogP contribution is 2.49. The van der Waals surface area contributed by atoms with E-state index in [1.165, 1.54) is 12.8 Å². The van der Waals surface area contributed by atoms with Crippen LogP contribution in [-0.2, 0) is 9.53 Å². The Hall–Kier alpha value is -0.570. The van der Waals surface area contributed by atoms with Crippen LogP contribution in [-0.4, -0.2) is 36.1 Å². The van der Waals surface area contributed by atoms with Gasteiger partial charge in [0.2, 0.25) is 0 Å². The van der Waals surface area contributed by atoms with Gasteiger partial charge in [0.25, 0.3) is 0 Å². The van der Waals surface area contributed by atoms with Gasteiger partial charge in [-0.2, -0.15) is 0 Å². The molecule has 90 valence electrons. The molecule has 4 aliphatic rings. The Balaban J connectivity index is 1.86. The van der Waals surface area contributed by atoms with E-state index in [0.717, 1.165) is 19.4 Å². The van der Waals surface area contributed by atoms with Gasteiger partial charge in [0.1, 0.15) is 5.60 Å². The molecule has 1 saturated carbocycles. The molecule has 2 bridgehead atoms. The molecule has 0 N–H and O–H groups in total. The third-order valence-electron chi connectivity index (χ3n) is 4.83. The minimum atomic E-state index is -0.0931. The zero-order valence-corrected chi connectivity index (χ0v) is 10.2. The first-order chi connectivity index (χ1) is 7.59. The van der Waals surface area contributed by atoms with Gasteiger partial charge in [-0.05, 0) is 32.2 Å². The molecule has 3 heteroatoms. The van der Waals surface area contributed by atoms with E-state index in [0.29, 0.717) is 24.3 Å². The van der Waals surface area contributed by atoms with Gasteiger partial charge in [-0.15, -0.1) is 0 Å². The van der Waals surface area contributed by atoms with Gasteiger partial charge in [0, 0.05) is 31.3 Å². The van der Waals surface area contributed by atoms with Gasteiger partial charge < -0.3 is 9.64 Å². The van der Waals surface area contributed by atoms with Crippen LogP contribution >= 0.6 is 0 Å². The van der Waals surface area contributed by atoms with Crippen LogP contribution in [0.4, 0.5) is 0 Å². The van der Waals surface area contributed by atoms with Crippen LogP contribution in [0.25, 0.3) is 0 Å². The number of carbonyl (C=O) groups is 1. The van der Waals surface area contributed by atoms with E-state index in [4.69, 9.17) is 4.74 Å². The average molecular weight is 223 g/mol. The normalized spacial score (nSPS) is 48.4. The Labute approximate surface area is 97.1 Å². The number of rotatable bonds is 0. The molecular weight excluding hydrogens is 202 g/mol. The van der Waals surface area contributed by atoms with Crippen molar-refractivity contribution in [1.82, 2.24) is 4.90 Å². The number of piperidine rings is 2. The summed E-state index contributed by atoms with van der Waals surface area (Å²) in [4.78, 5) is 14.1. The second kappa shape index (κ2) is 3.46. The molecule has 3 nitrogen and oxygen atoms in total. The van der Waals surface area contributed by atoms with Crippen LogP contribution in [0, 0.1) is 11.8 Å². The molecule has 0 amide bonds. The number of carbonyl (C=O) groups excluding carboxylic acids is 1. The lowest BCUT2D eigenvalue weighted by Crippen LogP contribution is -2.62. The van der Waals surface area contributed by atoms with E-state index in [1.807, 2.05) is 0 Å². The smallest absolute Gasteiger partial charge is 0.306 e. The number of esters is 1. The molecular formula is C13H21NO2. The van der Waals surface area contributed by atoms with Crippen molar-refractivity contribution in [3.05, 3.63) is 0 Å². The van der Waals surface area contributed by atoms with E-state index in [1.54, 1.807) is 0 Å². The molecule has 3 aliphatic heterocycles. The van der Waals surface area contributed by atoms with E-state index >= 15 is 0 Å². The van der Waals surface area contributed by atoms with Crippen molar-refractivity contribution in [3.8, 4) is 0 Å². The number of nitrogens with zero attached hydrogens (tertiary/aromatic N) is 1. The van der Waals surface area contributed by atoms with Gasteiger partial charge in [0.15, 0.2) is 0 Å². The van der Waals surface area contributed by atoms with Crippen molar-refractivity contribution in [3.63, 3.8) is 0 Å². The number of hydrogen-bond acceptors (Lipinski definition) is 3. The lowest BCUT2D eigenvalue weighted by Gasteiger charge is -2.56. The molecule has 0 aromatic carbocycles. The van der Waals surface area contributed by atoms with E-state index in [9.17, 15) is 4.79 Å². The molecule has 0 aromatic rings. The number of ether oxygens (including phenoxy) is 1. The fraction of sp³-hybridized carbons (Fsp3) is 0.923. The summed E-state index contributed by atoms with van der Waals surface area (Å²) in [5.74, 6) is 1.12. The summed E-state index contributed by atoms with van der Waals surface area (Å²) in [5, 5.41) is 0. The van der Waals surface area contributed by atoms with Gasteiger partial charge in [-0.25, -0.2) is 0 Å². The summed E-state index contributed by atoms with van der Waals surface area (Å²) in [6, 6.07) is 0.642. The Morgan fingerprint density at radius 2 is 2.19 bits per heavy atom. The Bertz CT molecular complexity index is 317. The van der Waals surface area contributed by atoms with Crippen LogP contribution in [0.15, 0.2) is 0 Å². The third kappa shape index (κ3) is 1.48. The standard InChI is InChI=1S/C13H21NO2/c1-9-5-12(15)16-13(6-9)7-11-4-3-10(13)8-14(11)2/h9-11H,3-8H2,1-2H3/t9-,10+,11+,13+/m1/s1. The summed E-state index contributed by atoms with van der Waals surface area (Å²) in [7, 11) is 2.21. The van der Waals surface area contributed by atoms with Crippen molar-refractivity contribution in [1.29, 1.82) is 0 Å². The van der Waals surface area contributed by atoms with Gasteiger partial charge in [0.05, 0.1) is 0 Å². The fourth-order valence-corrected chi connectivity index (χ4v) is 4.09. The van der Waals surface area contributed by atoms with Crippen LogP contribution in [0.1, 0.15) is 39.0 Å². The maximum atomic E-state index is 11.7. The molecule has 0 radical (unpaired) electrons. The summed E-state index contributed by atoms with van der Waals surface area (Å²) < 4.78 is 5.80. The molecule has 4 fully saturated rings. The molecule has 4 atom stereocenters. The fourth-order valence-electron chi connectivity index (χ4n) is 4.09. The summed E-state index contributed by atoms with van der Waals surface area (Å²) in [6.07, 6.45) is 5.32. The van der Waals surface area contributed by atoms with Crippen LogP contribution < -0.4 is 0 Å². The quantitative estimate of drug-likeness (QED) is 0.587. The topological polar surface area (TPSA) is 29.5 Å². The van der Waals surface area contributed by atoms with Crippen molar-refractivity contribution < 1.29 is 9.53 Å². The molecule has 1 aliphatic carbocycles. The highest BCUT2D eigenvalue weighted by molar-refractivity contribution is 5.71. The lowest BCUT2D eigenvalue weighted by atomic mass is 9.64. The van der Waals surface area contributed by atoms with Crippen molar-refractivity contribution in [2.75, 3.05) is 13.6 Å². The molecule has 0 unspecified atom stereocenters. The maximum Gasteiger partial charge on any atom is 0.306 e. The summed E-state index contributed by atoms with van der Waals surface area (Å²) in [6.45, 7) is 3.30.